The molecule has 0 aromatic rings. The highest BCUT2D eigenvalue weighted by Gasteiger charge is 2.67. The predicted molar refractivity (Wildman–Crippen MR) is 71.3 cm³/mol. The molecule has 1 spiro atoms. The van der Waals surface area contributed by atoms with Crippen molar-refractivity contribution in [3.8, 4) is 0 Å². The van der Waals surface area contributed by atoms with E-state index >= 15 is 0 Å². The second-order valence-electron chi connectivity index (χ2n) is 6.28. The molecule has 0 saturated carbocycles. The van der Waals surface area contributed by atoms with Gasteiger partial charge >= 0.3 is 5.97 Å². The van der Waals surface area contributed by atoms with E-state index in [-0.39, 0.29) is 24.1 Å². The van der Waals surface area contributed by atoms with Crippen molar-refractivity contribution in [2.75, 3.05) is 26.8 Å². The summed E-state index contributed by atoms with van der Waals surface area (Å²) in [6, 6.07) is 0. The van der Waals surface area contributed by atoms with E-state index in [9.17, 15) is 9.59 Å². The third kappa shape index (κ3) is 1.78. The van der Waals surface area contributed by atoms with Crippen LogP contribution in [0.25, 0.3) is 0 Å². The van der Waals surface area contributed by atoms with Crippen LogP contribution >= 0.6 is 0 Å². The van der Waals surface area contributed by atoms with Gasteiger partial charge in [0.15, 0.2) is 0 Å². The van der Waals surface area contributed by atoms with Gasteiger partial charge in [0.05, 0.1) is 31.8 Å². The maximum atomic E-state index is 12.7. The minimum absolute atomic E-state index is 0.00671. The summed E-state index contributed by atoms with van der Waals surface area (Å²) in [5.74, 6) is -1.32. The van der Waals surface area contributed by atoms with Crippen LogP contribution in [0.15, 0.2) is 12.2 Å². The van der Waals surface area contributed by atoms with E-state index in [1.165, 1.54) is 7.11 Å². The van der Waals surface area contributed by atoms with Crippen molar-refractivity contribution in [2.45, 2.75) is 30.7 Å². The van der Waals surface area contributed by atoms with E-state index < -0.39 is 17.4 Å². The molecule has 5 atom stereocenters. The van der Waals surface area contributed by atoms with Gasteiger partial charge in [0.2, 0.25) is 5.91 Å². The SMILES string of the molecule is COC(=O)[C@H]1[C@H]2C=C[C@@]3(CN(C[C@@H]4CCCO4)C(=O)[C@@H]13)O2. The number of carbonyl (C=O) groups excluding carboxylic acids is 2. The molecule has 1 amide bonds. The Balaban J connectivity index is 1.57. The maximum Gasteiger partial charge on any atom is 0.312 e. The number of ether oxygens (including phenoxy) is 3. The number of hydrogen-bond donors (Lipinski definition) is 0. The van der Waals surface area contributed by atoms with Crippen molar-refractivity contribution in [3.05, 3.63) is 12.2 Å². The smallest absolute Gasteiger partial charge is 0.312 e. The summed E-state index contributed by atoms with van der Waals surface area (Å²) in [5.41, 5.74) is -0.640. The molecule has 6 heteroatoms. The Hall–Kier alpha value is -1.40. The van der Waals surface area contributed by atoms with Crippen LogP contribution < -0.4 is 0 Å². The van der Waals surface area contributed by atoms with Gasteiger partial charge in [-0.25, -0.2) is 0 Å². The fraction of sp³-hybridized carbons (Fsp3) is 0.733. The van der Waals surface area contributed by atoms with Crippen LogP contribution in [0.3, 0.4) is 0 Å². The molecule has 0 radical (unpaired) electrons. The average molecular weight is 293 g/mol. The fourth-order valence-electron chi connectivity index (χ4n) is 4.17. The molecule has 4 aliphatic rings. The van der Waals surface area contributed by atoms with Crippen LogP contribution in [-0.2, 0) is 23.8 Å². The second-order valence-corrected chi connectivity index (χ2v) is 6.28. The largest absolute Gasteiger partial charge is 0.469 e. The zero-order chi connectivity index (χ0) is 14.6. The molecule has 21 heavy (non-hydrogen) atoms. The fourth-order valence-corrected chi connectivity index (χ4v) is 4.17. The molecule has 2 bridgehead atoms. The Morgan fingerprint density at radius 1 is 1.57 bits per heavy atom. The molecule has 4 heterocycles. The summed E-state index contributed by atoms with van der Waals surface area (Å²) in [6.45, 7) is 1.87. The van der Waals surface area contributed by atoms with E-state index in [4.69, 9.17) is 14.2 Å². The third-order valence-corrected chi connectivity index (χ3v) is 5.10. The van der Waals surface area contributed by atoms with Gasteiger partial charge in [-0.3, -0.25) is 9.59 Å². The van der Waals surface area contributed by atoms with Crippen molar-refractivity contribution in [2.24, 2.45) is 11.8 Å². The first-order chi connectivity index (χ1) is 10.1. The molecular weight excluding hydrogens is 274 g/mol. The Bertz CT molecular complexity index is 512. The lowest BCUT2D eigenvalue weighted by Gasteiger charge is -2.23. The van der Waals surface area contributed by atoms with Crippen LogP contribution in [0.5, 0.6) is 0 Å². The molecule has 0 N–H and O–H groups in total. The highest BCUT2D eigenvalue weighted by atomic mass is 16.5. The second kappa shape index (κ2) is 4.55. The molecular formula is C15H19NO5. The van der Waals surface area contributed by atoms with Gasteiger partial charge in [-0.2, -0.15) is 0 Å². The maximum absolute atomic E-state index is 12.7. The molecule has 6 nitrogen and oxygen atoms in total. The molecule has 4 aliphatic heterocycles. The first-order valence-electron chi connectivity index (χ1n) is 7.50. The minimum atomic E-state index is -0.640. The van der Waals surface area contributed by atoms with E-state index in [2.05, 4.69) is 0 Å². The minimum Gasteiger partial charge on any atom is -0.469 e. The van der Waals surface area contributed by atoms with Gasteiger partial charge in [0, 0.05) is 13.2 Å². The van der Waals surface area contributed by atoms with Crippen LogP contribution in [0.1, 0.15) is 12.8 Å². The standard InChI is InChI=1S/C15H19NO5/c1-19-14(18)11-10-4-5-15(21-10)8-16(13(17)12(11)15)7-9-3-2-6-20-9/h4-5,9-12H,2-3,6-8H2,1H3/t9-,10+,11-,12+,15-/m0/s1. The number of fused-ring (bicyclic) bond motifs is 1. The van der Waals surface area contributed by atoms with Crippen LogP contribution in [0, 0.1) is 11.8 Å². The molecule has 3 saturated heterocycles. The predicted octanol–water partition coefficient (Wildman–Crippen LogP) is 0.120. The number of rotatable bonds is 3. The van der Waals surface area contributed by atoms with Crippen LogP contribution in [-0.4, -0.2) is 61.4 Å². The Labute approximate surface area is 123 Å². The Kier molecular flexibility index (Phi) is 2.87. The van der Waals surface area contributed by atoms with Crippen molar-refractivity contribution < 1.29 is 23.8 Å². The summed E-state index contributed by atoms with van der Waals surface area (Å²) in [5, 5.41) is 0. The van der Waals surface area contributed by atoms with Gasteiger partial charge in [-0.1, -0.05) is 12.2 Å². The van der Waals surface area contributed by atoms with Crippen LogP contribution in [0.2, 0.25) is 0 Å². The van der Waals surface area contributed by atoms with Gasteiger partial charge < -0.3 is 19.1 Å². The summed E-state index contributed by atoms with van der Waals surface area (Å²) >= 11 is 0. The van der Waals surface area contributed by atoms with E-state index in [1.807, 2.05) is 12.2 Å². The lowest BCUT2D eigenvalue weighted by Crippen LogP contribution is -2.40. The number of nitrogens with zero attached hydrogens (tertiary/aromatic N) is 1. The van der Waals surface area contributed by atoms with Crippen molar-refractivity contribution in [1.29, 1.82) is 0 Å². The highest BCUT2D eigenvalue weighted by molar-refractivity contribution is 5.91. The van der Waals surface area contributed by atoms with Crippen molar-refractivity contribution >= 4 is 11.9 Å². The summed E-state index contributed by atoms with van der Waals surface area (Å²) < 4.78 is 16.4. The lowest BCUT2D eigenvalue weighted by molar-refractivity contribution is -0.151. The lowest BCUT2D eigenvalue weighted by atomic mass is 9.77. The number of carbonyl (C=O) groups is 2. The molecule has 0 aromatic carbocycles. The molecule has 0 aromatic heterocycles. The quantitative estimate of drug-likeness (QED) is 0.546. The molecule has 3 fully saturated rings. The molecule has 0 aliphatic carbocycles. The monoisotopic (exact) mass is 293 g/mol. The van der Waals surface area contributed by atoms with Gasteiger partial charge in [-0.05, 0) is 12.8 Å². The normalized spacial score (nSPS) is 43.7. The number of amides is 1. The first-order valence-corrected chi connectivity index (χ1v) is 7.50. The molecule has 114 valence electrons. The van der Waals surface area contributed by atoms with Gasteiger partial charge in [0.1, 0.15) is 11.5 Å². The van der Waals surface area contributed by atoms with Gasteiger partial charge in [0.25, 0.3) is 0 Å². The van der Waals surface area contributed by atoms with Crippen molar-refractivity contribution in [3.63, 3.8) is 0 Å². The third-order valence-electron chi connectivity index (χ3n) is 5.10. The Morgan fingerprint density at radius 2 is 2.43 bits per heavy atom. The number of hydrogen-bond acceptors (Lipinski definition) is 5. The average Bonchev–Trinajstić information content (AvgIpc) is 3.22. The van der Waals surface area contributed by atoms with Crippen LogP contribution in [0.4, 0.5) is 0 Å². The van der Waals surface area contributed by atoms with E-state index in [1.54, 1.807) is 4.90 Å². The van der Waals surface area contributed by atoms with E-state index in [0.717, 1.165) is 19.4 Å². The number of likely N-dealkylation sites (tertiary alicyclic amines) is 1. The summed E-state index contributed by atoms with van der Waals surface area (Å²) in [6.07, 6.45) is 5.67. The number of esters is 1. The highest BCUT2D eigenvalue weighted by Crippen LogP contribution is 2.52. The van der Waals surface area contributed by atoms with Crippen molar-refractivity contribution in [1.82, 2.24) is 4.90 Å². The topological polar surface area (TPSA) is 65.1 Å². The molecule has 4 rings (SSSR count). The zero-order valence-electron chi connectivity index (χ0n) is 12.0. The van der Waals surface area contributed by atoms with Gasteiger partial charge in [-0.15, -0.1) is 0 Å². The Morgan fingerprint density at radius 3 is 3.14 bits per heavy atom. The van der Waals surface area contributed by atoms with E-state index in [0.29, 0.717) is 13.1 Å². The molecule has 0 unspecified atom stereocenters. The zero-order valence-corrected chi connectivity index (χ0v) is 12.0. The summed E-state index contributed by atoms with van der Waals surface area (Å²) in [4.78, 5) is 26.5. The number of methoxy groups -OCH3 is 1. The first kappa shape index (κ1) is 13.3. The summed E-state index contributed by atoms with van der Waals surface area (Å²) in [7, 11) is 1.36.